The topological polar surface area (TPSA) is 148 Å². The summed E-state index contributed by atoms with van der Waals surface area (Å²) in [6.45, 7) is 3.98. The molecule has 0 spiro atoms. The molecule has 1 aromatic carbocycles. The Kier molecular flexibility index (Phi) is 5.49. The van der Waals surface area contributed by atoms with Gasteiger partial charge in [0.15, 0.2) is 0 Å². The van der Waals surface area contributed by atoms with Gasteiger partial charge in [-0.2, -0.15) is 0 Å². The summed E-state index contributed by atoms with van der Waals surface area (Å²) in [6, 6.07) is 4.14. The van der Waals surface area contributed by atoms with Crippen molar-refractivity contribution in [3.05, 3.63) is 35.9 Å². The molecule has 3 saturated heterocycles. The van der Waals surface area contributed by atoms with Crippen LogP contribution in [0.5, 0.6) is 0 Å². The molecule has 6 amide bonds. The van der Waals surface area contributed by atoms with Crippen LogP contribution in [0.1, 0.15) is 25.5 Å². The van der Waals surface area contributed by atoms with Gasteiger partial charge in [-0.25, -0.2) is 19.3 Å². The fourth-order valence-corrected chi connectivity index (χ4v) is 5.82. The second-order valence-corrected chi connectivity index (χ2v) is 10.0. The van der Waals surface area contributed by atoms with Crippen molar-refractivity contribution in [1.82, 2.24) is 25.8 Å². The number of nitrogens with zero attached hydrogens (tertiary/aromatic N) is 2. The lowest BCUT2D eigenvalue weighted by Gasteiger charge is -2.44. The number of hydrogen-bond donors (Lipinski definition) is 4. The van der Waals surface area contributed by atoms with E-state index >= 15 is 0 Å². The number of carboxylic acids is 1. The van der Waals surface area contributed by atoms with Crippen molar-refractivity contribution in [2.75, 3.05) is 13.1 Å². The average Bonchev–Trinajstić information content (AvgIpc) is 3.29. The number of amides is 6. The summed E-state index contributed by atoms with van der Waals surface area (Å²) in [4.78, 5) is 64.2. The summed E-state index contributed by atoms with van der Waals surface area (Å²) in [5, 5.41) is 16.8. The van der Waals surface area contributed by atoms with Gasteiger partial charge in [0.25, 0.3) is 0 Å². The van der Waals surface area contributed by atoms with Crippen LogP contribution >= 0.6 is 11.8 Å². The van der Waals surface area contributed by atoms with Crippen LogP contribution in [-0.4, -0.2) is 80.0 Å². The number of rotatable bonds is 5. The average molecular weight is 462 g/mol. The standard InChI is InChI=1S/C20H23N5O6S/c1-20(2)13(17(28)29)25-15(27)12(16(25)32-20)22-14(26)11(10-6-4-3-5-7-10)23-19(31)24-9-8-21-18(24)30/h3-7,11-13,16H,8-9H2,1-2H3,(H,21,30)(H,22,26)(H,23,31)(H,28,29)/t11-,12?,13?,16?/m1/s1. The summed E-state index contributed by atoms with van der Waals surface area (Å²) in [7, 11) is 0. The zero-order chi connectivity index (χ0) is 23.2. The van der Waals surface area contributed by atoms with Gasteiger partial charge in [-0.1, -0.05) is 30.3 Å². The maximum absolute atomic E-state index is 13.1. The Morgan fingerprint density at radius 1 is 1.22 bits per heavy atom. The van der Waals surface area contributed by atoms with Crippen LogP contribution in [0.3, 0.4) is 0 Å². The molecule has 3 aliphatic heterocycles. The number of thioether (sulfide) groups is 1. The molecular formula is C20H23N5O6S. The van der Waals surface area contributed by atoms with Gasteiger partial charge in [-0.15, -0.1) is 11.8 Å². The third-order valence-electron chi connectivity index (χ3n) is 5.74. The fraction of sp³-hybridized carbons (Fsp3) is 0.450. The lowest BCUT2D eigenvalue weighted by Crippen LogP contribution is -2.71. The molecule has 1 aromatic rings. The van der Waals surface area contributed by atoms with E-state index in [2.05, 4.69) is 16.0 Å². The Bertz CT molecular complexity index is 986. The summed E-state index contributed by atoms with van der Waals surface area (Å²) >= 11 is 1.31. The Morgan fingerprint density at radius 3 is 2.50 bits per heavy atom. The highest BCUT2D eigenvalue weighted by Crippen LogP contribution is 2.50. The number of β-lactam (4-membered cyclic amide) rings is 1. The number of carbonyl (C=O) groups is 5. The second-order valence-electron chi connectivity index (χ2n) is 8.26. The Hall–Kier alpha value is -3.28. The Balaban J connectivity index is 1.51. The van der Waals surface area contributed by atoms with E-state index < -0.39 is 58.1 Å². The number of hydrogen-bond acceptors (Lipinski definition) is 6. The molecule has 0 radical (unpaired) electrons. The minimum Gasteiger partial charge on any atom is -0.480 e. The van der Waals surface area contributed by atoms with E-state index in [9.17, 15) is 29.1 Å². The van der Waals surface area contributed by atoms with E-state index in [1.54, 1.807) is 44.2 Å². The molecule has 32 heavy (non-hydrogen) atoms. The number of benzene rings is 1. The summed E-state index contributed by atoms with van der Waals surface area (Å²) in [6.07, 6.45) is 0. The van der Waals surface area contributed by atoms with Crippen LogP contribution in [0.25, 0.3) is 0 Å². The van der Waals surface area contributed by atoms with Crippen LogP contribution in [0.15, 0.2) is 30.3 Å². The number of carbonyl (C=O) groups excluding carboxylic acids is 4. The molecule has 12 heteroatoms. The predicted molar refractivity (Wildman–Crippen MR) is 113 cm³/mol. The van der Waals surface area contributed by atoms with E-state index in [0.29, 0.717) is 12.1 Å². The molecular weight excluding hydrogens is 438 g/mol. The molecule has 3 fully saturated rings. The normalized spacial score (nSPS) is 26.6. The number of fused-ring (bicyclic) bond motifs is 1. The molecule has 3 unspecified atom stereocenters. The maximum Gasteiger partial charge on any atom is 0.327 e. The van der Waals surface area contributed by atoms with Gasteiger partial charge in [0.2, 0.25) is 11.8 Å². The van der Waals surface area contributed by atoms with Gasteiger partial charge in [-0.3, -0.25) is 9.59 Å². The van der Waals surface area contributed by atoms with E-state index in [-0.39, 0.29) is 6.54 Å². The van der Waals surface area contributed by atoms with Crippen LogP contribution in [0.2, 0.25) is 0 Å². The van der Waals surface area contributed by atoms with E-state index in [1.165, 1.54) is 16.7 Å². The first kappa shape index (κ1) is 21.9. The SMILES string of the molecule is CC1(C)SC2C(NC(=O)[C@H](NC(=O)N3CCNC3=O)c3ccccc3)C(=O)N2C1C(=O)O. The number of imide groups is 1. The van der Waals surface area contributed by atoms with E-state index in [1.807, 2.05) is 0 Å². The molecule has 0 aliphatic carbocycles. The van der Waals surface area contributed by atoms with Crippen molar-refractivity contribution >= 4 is 41.6 Å². The Morgan fingerprint density at radius 2 is 1.91 bits per heavy atom. The van der Waals surface area contributed by atoms with Crippen LogP contribution in [0.4, 0.5) is 9.59 Å². The third kappa shape index (κ3) is 3.64. The summed E-state index contributed by atoms with van der Waals surface area (Å²) in [5.41, 5.74) is 0.476. The van der Waals surface area contributed by atoms with Gasteiger partial charge < -0.3 is 26.0 Å². The summed E-state index contributed by atoms with van der Waals surface area (Å²) < 4.78 is -0.720. The molecule has 0 aromatic heterocycles. The highest BCUT2D eigenvalue weighted by molar-refractivity contribution is 8.01. The van der Waals surface area contributed by atoms with Gasteiger partial charge >= 0.3 is 18.0 Å². The first-order valence-electron chi connectivity index (χ1n) is 10.1. The van der Waals surface area contributed by atoms with E-state index in [0.717, 1.165) is 4.90 Å². The molecule has 170 valence electrons. The Labute approximate surface area is 187 Å². The van der Waals surface area contributed by atoms with Gasteiger partial charge in [-0.05, 0) is 19.4 Å². The van der Waals surface area contributed by atoms with Crippen molar-refractivity contribution < 1.29 is 29.1 Å². The van der Waals surface area contributed by atoms with Crippen molar-refractivity contribution in [3.8, 4) is 0 Å². The molecule has 11 nitrogen and oxygen atoms in total. The third-order valence-corrected chi connectivity index (χ3v) is 7.31. The van der Waals surface area contributed by atoms with Crippen molar-refractivity contribution in [2.45, 2.75) is 42.1 Å². The fourth-order valence-electron chi connectivity index (χ4n) is 4.19. The predicted octanol–water partition coefficient (Wildman–Crippen LogP) is 0.0942. The number of urea groups is 2. The van der Waals surface area contributed by atoms with Crippen molar-refractivity contribution in [2.24, 2.45) is 0 Å². The quantitative estimate of drug-likeness (QED) is 0.454. The van der Waals surface area contributed by atoms with Crippen LogP contribution < -0.4 is 16.0 Å². The highest BCUT2D eigenvalue weighted by atomic mass is 32.2. The lowest BCUT2D eigenvalue weighted by atomic mass is 9.95. The zero-order valence-corrected chi connectivity index (χ0v) is 18.2. The molecule has 3 aliphatic rings. The largest absolute Gasteiger partial charge is 0.480 e. The van der Waals surface area contributed by atoms with E-state index in [4.69, 9.17) is 0 Å². The summed E-state index contributed by atoms with van der Waals surface area (Å²) in [5.74, 6) is -2.20. The molecule has 4 rings (SSSR count). The minimum atomic E-state index is -1.14. The first-order valence-corrected chi connectivity index (χ1v) is 10.9. The van der Waals surface area contributed by atoms with Gasteiger partial charge in [0.05, 0.1) is 0 Å². The van der Waals surface area contributed by atoms with Crippen molar-refractivity contribution in [3.63, 3.8) is 0 Å². The molecule has 3 heterocycles. The zero-order valence-electron chi connectivity index (χ0n) is 17.4. The van der Waals surface area contributed by atoms with Crippen LogP contribution in [-0.2, 0) is 14.4 Å². The minimum absolute atomic E-state index is 0.175. The van der Waals surface area contributed by atoms with Gasteiger partial charge in [0.1, 0.15) is 23.5 Å². The first-order chi connectivity index (χ1) is 15.1. The highest BCUT2D eigenvalue weighted by Gasteiger charge is 2.64. The molecule has 4 N–H and O–H groups in total. The second kappa shape index (κ2) is 8.01. The molecule has 0 saturated carbocycles. The number of aliphatic carboxylic acids is 1. The van der Waals surface area contributed by atoms with Crippen LogP contribution in [0, 0.1) is 0 Å². The smallest absolute Gasteiger partial charge is 0.327 e. The maximum atomic E-state index is 13.1. The lowest BCUT2D eigenvalue weighted by molar-refractivity contribution is -0.161. The monoisotopic (exact) mass is 461 g/mol. The molecule has 0 bridgehead atoms. The number of carboxylic acid groups (broad SMARTS) is 1. The molecule has 4 atom stereocenters. The van der Waals surface area contributed by atoms with Gasteiger partial charge in [0, 0.05) is 17.8 Å². The number of nitrogens with one attached hydrogen (secondary N) is 3. The van der Waals surface area contributed by atoms with Crippen molar-refractivity contribution in [1.29, 1.82) is 0 Å².